The molecule has 0 aliphatic rings. The fourth-order valence-corrected chi connectivity index (χ4v) is 3.39. The molecule has 8 heteroatoms. The van der Waals surface area contributed by atoms with Gasteiger partial charge in [0.2, 0.25) is 0 Å². The highest BCUT2D eigenvalue weighted by atomic mass is 32.1. The standard InChI is InChI=1S/C26H29N3O4S/c1-5-32-23-16-22(29-26(34)27-19-11-13-20(31-4)14-12-19)24(33-6-2)15-21(23)28-25(30)18-9-7-17(3)8-10-18/h7-16H,5-6H2,1-4H3,(H,28,30)(H2,27,29,34). The largest absolute Gasteiger partial charge is 0.497 e. The number of amides is 1. The molecule has 0 spiro atoms. The summed E-state index contributed by atoms with van der Waals surface area (Å²) in [6, 6.07) is 18.3. The van der Waals surface area contributed by atoms with E-state index in [0.29, 0.717) is 46.8 Å². The van der Waals surface area contributed by atoms with Gasteiger partial charge in [-0.05, 0) is 69.4 Å². The van der Waals surface area contributed by atoms with Crippen molar-refractivity contribution in [2.75, 3.05) is 36.3 Å². The molecule has 3 aromatic carbocycles. The second-order valence-corrected chi connectivity index (χ2v) is 7.75. The third kappa shape index (κ3) is 6.62. The number of nitrogens with one attached hydrogen (secondary N) is 3. The van der Waals surface area contributed by atoms with Crippen molar-refractivity contribution in [1.82, 2.24) is 0 Å². The molecule has 0 saturated carbocycles. The number of ether oxygens (including phenoxy) is 3. The van der Waals surface area contributed by atoms with Crippen LogP contribution in [-0.2, 0) is 0 Å². The molecule has 0 saturated heterocycles. The van der Waals surface area contributed by atoms with Gasteiger partial charge in [-0.15, -0.1) is 0 Å². The lowest BCUT2D eigenvalue weighted by atomic mass is 10.1. The van der Waals surface area contributed by atoms with Crippen LogP contribution in [0.1, 0.15) is 29.8 Å². The Hall–Kier alpha value is -3.78. The van der Waals surface area contributed by atoms with Crippen molar-refractivity contribution in [3.8, 4) is 17.2 Å². The monoisotopic (exact) mass is 479 g/mol. The molecule has 0 aliphatic heterocycles. The van der Waals surface area contributed by atoms with Crippen LogP contribution in [-0.4, -0.2) is 31.3 Å². The van der Waals surface area contributed by atoms with Gasteiger partial charge in [-0.2, -0.15) is 0 Å². The molecule has 0 unspecified atom stereocenters. The van der Waals surface area contributed by atoms with E-state index >= 15 is 0 Å². The van der Waals surface area contributed by atoms with Crippen LogP contribution in [0.4, 0.5) is 17.1 Å². The molecule has 1 amide bonds. The number of aryl methyl sites for hydroxylation is 1. The van der Waals surface area contributed by atoms with Crippen molar-refractivity contribution in [2.45, 2.75) is 20.8 Å². The zero-order chi connectivity index (χ0) is 24.5. The van der Waals surface area contributed by atoms with E-state index in [0.717, 1.165) is 17.0 Å². The van der Waals surface area contributed by atoms with Crippen molar-refractivity contribution < 1.29 is 19.0 Å². The summed E-state index contributed by atoms with van der Waals surface area (Å²) in [5.41, 5.74) is 3.57. The zero-order valence-corrected chi connectivity index (χ0v) is 20.5. The van der Waals surface area contributed by atoms with E-state index in [4.69, 9.17) is 26.4 Å². The van der Waals surface area contributed by atoms with E-state index < -0.39 is 0 Å². The number of benzene rings is 3. The van der Waals surface area contributed by atoms with E-state index in [1.807, 2.05) is 57.2 Å². The van der Waals surface area contributed by atoms with E-state index in [-0.39, 0.29) is 5.91 Å². The van der Waals surface area contributed by atoms with Gasteiger partial charge < -0.3 is 30.2 Å². The number of anilines is 3. The lowest BCUT2D eigenvalue weighted by molar-refractivity contribution is 0.102. The highest BCUT2D eigenvalue weighted by molar-refractivity contribution is 7.80. The first kappa shape index (κ1) is 24.9. The fraction of sp³-hybridized carbons (Fsp3) is 0.231. The average Bonchev–Trinajstić information content (AvgIpc) is 2.82. The highest BCUT2D eigenvalue weighted by Gasteiger charge is 2.16. The Kier molecular flexibility index (Phi) is 8.70. The summed E-state index contributed by atoms with van der Waals surface area (Å²) in [6.45, 7) is 6.61. The minimum atomic E-state index is -0.235. The van der Waals surface area contributed by atoms with Crippen LogP contribution in [0.25, 0.3) is 0 Å². The molecule has 0 aliphatic carbocycles. The van der Waals surface area contributed by atoms with Crippen molar-refractivity contribution in [3.05, 3.63) is 71.8 Å². The van der Waals surface area contributed by atoms with Gasteiger partial charge in [0.25, 0.3) is 5.91 Å². The van der Waals surface area contributed by atoms with Gasteiger partial charge in [-0.25, -0.2) is 0 Å². The Morgan fingerprint density at radius 3 is 1.91 bits per heavy atom. The van der Waals surface area contributed by atoms with Gasteiger partial charge >= 0.3 is 0 Å². The summed E-state index contributed by atoms with van der Waals surface area (Å²) in [6.07, 6.45) is 0. The lowest BCUT2D eigenvalue weighted by Gasteiger charge is -2.19. The molecule has 0 radical (unpaired) electrons. The fourth-order valence-electron chi connectivity index (χ4n) is 3.16. The summed E-state index contributed by atoms with van der Waals surface area (Å²) in [5.74, 6) is 1.55. The molecule has 0 aromatic heterocycles. The molecule has 34 heavy (non-hydrogen) atoms. The molecule has 7 nitrogen and oxygen atoms in total. The van der Waals surface area contributed by atoms with Crippen LogP contribution in [0.2, 0.25) is 0 Å². The summed E-state index contributed by atoms with van der Waals surface area (Å²) < 4.78 is 16.8. The van der Waals surface area contributed by atoms with Crippen molar-refractivity contribution in [3.63, 3.8) is 0 Å². The molecule has 3 aromatic rings. The molecule has 0 fully saturated rings. The van der Waals surface area contributed by atoms with Gasteiger partial charge in [-0.1, -0.05) is 17.7 Å². The lowest BCUT2D eigenvalue weighted by Crippen LogP contribution is -2.20. The SMILES string of the molecule is CCOc1cc(NC(=S)Nc2ccc(OC)cc2)c(OCC)cc1NC(=O)c1ccc(C)cc1. The van der Waals surface area contributed by atoms with Crippen LogP contribution in [0.15, 0.2) is 60.7 Å². The normalized spacial score (nSPS) is 10.2. The third-order valence-electron chi connectivity index (χ3n) is 4.84. The molecule has 0 bridgehead atoms. The van der Waals surface area contributed by atoms with Gasteiger partial charge in [0, 0.05) is 23.4 Å². The molecule has 3 rings (SSSR count). The number of hydrogen-bond acceptors (Lipinski definition) is 5. The Morgan fingerprint density at radius 1 is 0.824 bits per heavy atom. The van der Waals surface area contributed by atoms with Gasteiger partial charge in [0.05, 0.1) is 31.7 Å². The predicted molar refractivity (Wildman–Crippen MR) is 141 cm³/mol. The molecule has 0 heterocycles. The number of carbonyl (C=O) groups excluding carboxylic acids is 1. The van der Waals surface area contributed by atoms with Crippen LogP contribution in [0.3, 0.4) is 0 Å². The smallest absolute Gasteiger partial charge is 0.255 e. The molecular weight excluding hydrogens is 450 g/mol. The number of methoxy groups -OCH3 is 1. The third-order valence-corrected chi connectivity index (χ3v) is 5.04. The quantitative estimate of drug-likeness (QED) is 0.332. The average molecular weight is 480 g/mol. The van der Waals surface area contributed by atoms with Gasteiger partial charge in [-0.3, -0.25) is 4.79 Å². The van der Waals surface area contributed by atoms with E-state index in [2.05, 4.69) is 16.0 Å². The van der Waals surface area contributed by atoms with Crippen molar-refractivity contribution in [2.24, 2.45) is 0 Å². The predicted octanol–water partition coefficient (Wildman–Crippen LogP) is 5.86. The van der Waals surface area contributed by atoms with Gasteiger partial charge in [0.1, 0.15) is 17.2 Å². The second-order valence-electron chi connectivity index (χ2n) is 7.34. The first-order valence-corrected chi connectivity index (χ1v) is 11.4. The van der Waals surface area contributed by atoms with Gasteiger partial charge in [0.15, 0.2) is 5.11 Å². The second kappa shape index (κ2) is 11.9. The number of carbonyl (C=O) groups is 1. The van der Waals surface area contributed by atoms with Crippen LogP contribution in [0.5, 0.6) is 17.2 Å². The topological polar surface area (TPSA) is 80.8 Å². The van der Waals surface area contributed by atoms with Crippen LogP contribution < -0.4 is 30.2 Å². The summed E-state index contributed by atoms with van der Waals surface area (Å²) in [5, 5.41) is 9.60. The highest BCUT2D eigenvalue weighted by Crippen LogP contribution is 2.37. The molecule has 0 atom stereocenters. The minimum absolute atomic E-state index is 0.235. The Balaban J connectivity index is 1.83. The molecule has 178 valence electrons. The van der Waals surface area contributed by atoms with Crippen molar-refractivity contribution >= 4 is 40.3 Å². The Morgan fingerprint density at radius 2 is 1.38 bits per heavy atom. The summed E-state index contributed by atoms with van der Waals surface area (Å²) in [4.78, 5) is 12.8. The Labute approximate surface area is 205 Å². The number of hydrogen-bond donors (Lipinski definition) is 3. The van der Waals surface area contributed by atoms with Crippen LogP contribution in [0, 0.1) is 6.92 Å². The minimum Gasteiger partial charge on any atom is -0.497 e. The van der Waals surface area contributed by atoms with E-state index in [1.54, 1.807) is 31.4 Å². The van der Waals surface area contributed by atoms with Crippen LogP contribution >= 0.6 is 12.2 Å². The number of thiocarbonyl (C=S) groups is 1. The van der Waals surface area contributed by atoms with E-state index in [9.17, 15) is 4.79 Å². The molecular formula is C26H29N3O4S. The first-order valence-electron chi connectivity index (χ1n) is 11.0. The maximum atomic E-state index is 12.8. The van der Waals surface area contributed by atoms with Crippen molar-refractivity contribution in [1.29, 1.82) is 0 Å². The summed E-state index contributed by atoms with van der Waals surface area (Å²) in [7, 11) is 1.62. The maximum Gasteiger partial charge on any atom is 0.255 e. The van der Waals surface area contributed by atoms with E-state index in [1.165, 1.54) is 0 Å². The molecule has 3 N–H and O–H groups in total. The Bertz CT molecular complexity index is 1130. The maximum absolute atomic E-state index is 12.8. The summed E-state index contributed by atoms with van der Waals surface area (Å²) >= 11 is 5.49. The first-order chi connectivity index (χ1) is 16.4. The number of rotatable bonds is 9. The zero-order valence-electron chi connectivity index (χ0n) is 19.7.